The molecule has 2 N–H and O–H groups in total. The molecule has 0 spiro atoms. The summed E-state index contributed by atoms with van der Waals surface area (Å²) in [5.74, 6) is 0. The molecule has 0 bridgehead atoms. The van der Waals surface area contributed by atoms with E-state index in [-0.39, 0.29) is 12.6 Å². The fraction of sp³-hybridized carbons (Fsp3) is 0.538. The highest BCUT2D eigenvalue weighted by Crippen LogP contribution is 2.16. The van der Waals surface area contributed by atoms with E-state index in [9.17, 15) is 5.11 Å². The lowest BCUT2D eigenvalue weighted by Gasteiger charge is -2.25. The van der Waals surface area contributed by atoms with Crippen molar-refractivity contribution < 1.29 is 5.11 Å². The predicted octanol–water partition coefficient (Wildman–Crippen LogP) is 1.24. The molecule has 3 nitrogen and oxygen atoms in total. The molecule has 2 unspecified atom stereocenters. The number of hydrogen-bond acceptors (Lipinski definition) is 3. The fourth-order valence-corrected chi connectivity index (χ4v) is 2.23. The van der Waals surface area contributed by atoms with Crippen LogP contribution in [0.3, 0.4) is 0 Å². The monoisotopic (exact) mass is 220 g/mol. The molecule has 0 radical (unpaired) electrons. The van der Waals surface area contributed by atoms with Crippen LogP contribution in [0.1, 0.15) is 13.3 Å². The SMILES string of the molecule is CC1CCN(c2ccccc2)CC(CO)N1. The largest absolute Gasteiger partial charge is 0.395 e. The van der Waals surface area contributed by atoms with E-state index in [0.29, 0.717) is 6.04 Å². The van der Waals surface area contributed by atoms with E-state index in [1.165, 1.54) is 5.69 Å². The molecule has 0 aromatic heterocycles. The van der Waals surface area contributed by atoms with Gasteiger partial charge in [-0.25, -0.2) is 0 Å². The smallest absolute Gasteiger partial charge is 0.0602 e. The first kappa shape index (κ1) is 11.4. The molecule has 1 heterocycles. The van der Waals surface area contributed by atoms with Crippen molar-refractivity contribution in [2.45, 2.75) is 25.4 Å². The Hall–Kier alpha value is -1.06. The van der Waals surface area contributed by atoms with Crippen LogP contribution in [-0.2, 0) is 0 Å². The van der Waals surface area contributed by atoms with Crippen LogP contribution in [0.15, 0.2) is 30.3 Å². The number of para-hydroxylation sites is 1. The van der Waals surface area contributed by atoms with Crippen LogP contribution in [0.4, 0.5) is 5.69 Å². The first-order valence-electron chi connectivity index (χ1n) is 5.96. The maximum atomic E-state index is 9.31. The van der Waals surface area contributed by atoms with Gasteiger partial charge in [-0.3, -0.25) is 0 Å². The summed E-state index contributed by atoms with van der Waals surface area (Å²) in [6.45, 7) is 4.31. The molecule has 1 aromatic carbocycles. The molecule has 1 saturated heterocycles. The Morgan fingerprint density at radius 2 is 2.12 bits per heavy atom. The highest BCUT2D eigenvalue weighted by molar-refractivity contribution is 5.46. The molecular weight excluding hydrogens is 200 g/mol. The zero-order valence-corrected chi connectivity index (χ0v) is 9.76. The van der Waals surface area contributed by atoms with Crippen molar-refractivity contribution >= 4 is 5.69 Å². The van der Waals surface area contributed by atoms with Crippen molar-refractivity contribution in [3.63, 3.8) is 0 Å². The van der Waals surface area contributed by atoms with Gasteiger partial charge in [-0.1, -0.05) is 18.2 Å². The summed E-state index contributed by atoms with van der Waals surface area (Å²) in [6, 6.07) is 11.1. The van der Waals surface area contributed by atoms with Crippen LogP contribution < -0.4 is 10.2 Å². The van der Waals surface area contributed by atoms with Crippen molar-refractivity contribution in [2.24, 2.45) is 0 Å². The van der Waals surface area contributed by atoms with Crippen LogP contribution in [0.2, 0.25) is 0 Å². The van der Waals surface area contributed by atoms with Crippen molar-refractivity contribution in [1.82, 2.24) is 5.32 Å². The minimum absolute atomic E-state index is 0.178. The van der Waals surface area contributed by atoms with Crippen LogP contribution >= 0.6 is 0 Å². The zero-order valence-electron chi connectivity index (χ0n) is 9.76. The van der Waals surface area contributed by atoms with Gasteiger partial charge in [-0.15, -0.1) is 0 Å². The van der Waals surface area contributed by atoms with Gasteiger partial charge in [-0.05, 0) is 25.5 Å². The van der Waals surface area contributed by atoms with Crippen LogP contribution in [0.5, 0.6) is 0 Å². The number of hydrogen-bond donors (Lipinski definition) is 2. The summed E-state index contributed by atoms with van der Waals surface area (Å²) in [5.41, 5.74) is 1.25. The quantitative estimate of drug-likeness (QED) is 0.787. The Labute approximate surface area is 97.1 Å². The van der Waals surface area contributed by atoms with E-state index < -0.39 is 0 Å². The Kier molecular flexibility index (Phi) is 3.80. The number of anilines is 1. The predicted molar refractivity (Wildman–Crippen MR) is 66.7 cm³/mol. The third-order valence-corrected chi connectivity index (χ3v) is 3.13. The number of nitrogens with one attached hydrogen (secondary N) is 1. The number of nitrogens with zero attached hydrogens (tertiary/aromatic N) is 1. The summed E-state index contributed by atoms with van der Waals surface area (Å²) in [7, 11) is 0. The van der Waals surface area contributed by atoms with Gasteiger partial charge in [0.15, 0.2) is 0 Å². The van der Waals surface area contributed by atoms with Gasteiger partial charge in [0, 0.05) is 30.9 Å². The minimum atomic E-state index is 0.178. The molecule has 0 amide bonds. The Morgan fingerprint density at radius 3 is 2.81 bits per heavy atom. The second kappa shape index (κ2) is 5.32. The van der Waals surface area contributed by atoms with E-state index in [4.69, 9.17) is 0 Å². The van der Waals surface area contributed by atoms with Gasteiger partial charge in [0.1, 0.15) is 0 Å². The molecule has 2 rings (SSSR count). The van der Waals surface area contributed by atoms with E-state index in [2.05, 4.69) is 41.4 Å². The number of aliphatic hydroxyl groups excluding tert-OH is 1. The maximum absolute atomic E-state index is 9.31. The second-order valence-corrected chi connectivity index (χ2v) is 4.52. The van der Waals surface area contributed by atoms with E-state index >= 15 is 0 Å². The zero-order chi connectivity index (χ0) is 11.4. The molecule has 1 aliphatic heterocycles. The Morgan fingerprint density at radius 1 is 1.38 bits per heavy atom. The summed E-state index contributed by atoms with van der Waals surface area (Å²) in [6.07, 6.45) is 1.12. The molecule has 1 aliphatic rings. The normalized spacial score (nSPS) is 26.5. The lowest BCUT2D eigenvalue weighted by atomic mass is 10.2. The van der Waals surface area contributed by atoms with Crippen molar-refractivity contribution in [2.75, 3.05) is 24.6 Å². The summed E-state index contributed by atoms with van der Waals surface area (Å²) < 4.78 is 0. The highest BCUT2D eigenvalue weighted by atomic mass is 16.3. The molecule has 1 aromatic rings. The van der Waals surface area contributed by atoms with Crippen LogP contribution in [0.25, 0.3) is 0 Å². The molecule has 16 heavy (non-hydrogen) atoms. The molecule has 0 saturated carbocycles. The minimum Gasteiger partial charge on any atom is -0.395 e. The highest BCUT2D eigenvalue weighted by Gasteiger charge is 2.20. The molecule has 88 valence electrons. The molecular formula is C13H20N2O. The lowest BCUT2D eigenvalue weighted by Crippen LogP contribution is -2.42. The lowest BCUT2D eigenvalue weighted by molar-refractivity contribution is 0.240. The second-order valence-electron chi connectivity index (χ2n) is 4.52. The van der Waals surface area contributed by atoms with Crippen molar-refractivity contribution in [1.29, 1.82) is 0 Å². The van der Waals surface area contributed by atoms with E-state index in [0.717, 1.165) is 19.5 Å². The summed E-state index contributed by atoms with van der Waals surface area (Å²) in [5, 5.41) is 12.7. The van der Waals surface area contributed by atoms with Crippen molar-refractivity contribution in [3.8, 4) is 0 Å². The third kappa shape index (κ3) is 2.74. The van der Waals surface area contributed by atoms with E-state index in [1.807, 2.05) is 6.07 Å². The molecule has 2 atom stereocenters. The van der Waals surface area contributed by atoms with Gasteiger partial charge in [-0.2, -0.15) is 0 Å². The van der Waals surface area contributed by atoms with Gasteiger partial charge in [0.05, 0.1) is 6.61 Å². The first-order valence-corrected chi connectivity index (χ1v) is 5.96. The van der Waals surface area contributed by atoms with Gasteiger partial charge in [0.25, 0.3) is 0 Å². The molecule has 3 heteroatoms. The Balaban J connectivity index is 2.10. The third-order valence-electron chi connectivity index (χ3n) is 3.13. The topological polar surface area (TPSA) is 35.5 Å². The average Bonchev–Trinajstić information content (AvgIpc) is 2.52. The average molecular weight is 220 g/mol. The van der Waals surface area contributed by atoms with E-state index in [1.54, 1.807) is 0 Å². The standard InChI is InChI=1S/C13H20N2O/c1-11-7-8-15(9-12(10-16)14-11)13-5-3-2-4-6-13/h2-6,11-12,14,16H,7-10H2,1H3. The Bertz CT molecular complexity index is 315. The van der Waals surface area contributed by atoms with Gasteiger partial charge >= 0.3 is 0 Å². The number of aliphatic hydroxyl groups is 1. The maximum Gasteiger partial charge on any atom is 0.0602 e. The summed E-state index contributed by atoms with van der Waals surface area (Å²) in [4.78, 5) is 2.34. The fourth-order valence-electron chi connectivity index (χ4n) is 2.23. The summed E-state index contributed by atoms with van der Waals surface area (Å²) >= 11 is 0. The molecule has 1 fully saturated rings. The van der Waals surface area contributed by atoms with Gasteiger partial charge in [0.2, 0.25) is 0 Å². The first-order chi connectivity index (χ1) is 7.79. The number of rotatable bonds is 2. The van der Waals surface area contributed by atoms with Crippen LogP contribution in [0, 0.1) is 0 Å². The van der Waals surface area contributed by atoms with Gasteiger partial charge < -0.3 is 15.3 Å². The molecule has 0 aliphatic carbocycles. The van der Waals surface area contributed by atoms with Crippen molar-refractivity contribution in [3.05, 3.63) is 30.3 Å². The van der Waals surface area contributed by atoms with Crippen LogP contribution in [-0.4, -0.2) is 36.9 Å². The number of benzene rings is 1.